The van der Waals surface area contributed by atoms with Gasteiger partial charge in [0.2, 0.25) is 5.91 Å². The van der Waals surface area contributed by atoms with Gasteiger partial charge < -0.3 is 10.2 Å². The molecule has 7 nitrogen and oxygen atoms in total. The van der Waals surface area contributed by atoms with Crippen molar-refractivity contribution >= 4 is 28.9 Å². The minimum atomic E-state index is -0.355. The summed E-state index contributed by atoms with van der Waals surface area (Å²) in [5, 5.41) is 14.9. The molecule has 1 saturated heterocycles. The molecule has 1 atom stereocenters. The average Bonchev–Trinajstić information content (AvgIpc) is 2.68. The van der Waals surface area contributed by atoms with Crippen molar-refractivity contribution in [1.29, 1.82) is 0 Å². The average molecular weight is 403 g/mol. The first-order valence-electron chi connectivity index (χ1n) is 9.19. The van der Waals surface area contributed by atoms with E-state index in [9.17, 15) is 14.9 Å². The second kappa shape index (κ2) is 9.03. The number of piperazine rings is 1. The number of nitro benzene ring substituents is 1. The number of carbonyl (C=O) groups is 1. The van der Waals surface area contributed by atoms with Gasteiger partial charge in [-0.2, -0.15) is 0 Å². The molecule has 2 aromatic rings. The molecule has 1 heterocycles. The zero-order chi connectivity index (χ0) is 20.1. The Morgan fingerprint density at radius 1 is 1.18 bits per heavy atom. The second-order valence-corrected chi connectivity index (χ2v) is 7.29. The Kier molecular flexibility index (Phi) is 6.49. The van der Waals surface area contributed by atoms with E-state index in [2.05, 4.69) is 10.2 Å². The molecule has 1 aliphatic rings. The van der Waals surface area contributed by atoms with Gasteiger partial charge in [-0.15, -0.1) is 0 Å². The van der Waals surface area contributed by atoms with Gasteiger partial charge in [-0.25, -0.2) is 0 Å². The highest BCUT2D eigenvalue weighted by Gasteiger charge is 2.24. The number of benzene rings is 2. The first kappa shape index (κ1) is 20.1. The van der Waals surface area contributed by atoms with Crippen LogP contribution in [0, 0.1) is 10.1 Å². The van der Waals surface area contributed by atoms with Crippen LogP contribution in [0.3, 0.4) is 0 Å². The Bertz CT molecular complexity index is 853. The molecule has 0 unspecified atom stereocenters. The molecule has 0 saturated carbocycles. The predicted molar refractivity (Wildman–Crippen MR) is 110 cm³/mol. The number of rotatable bonds is 6. The standard InChI is InChI=1S/C20H23ClN4O3/c1-15(16-5-4-6-17(21)13-16)22-20(26)14-23-9-11-24(12-10-23)18-7-2-3-8-19(18)25(27)28/h2-8,13,15H,9-12,14H2,1H3,(H,22,26)/t15-/m1/s1. The number of nitrogens with zero attached hydrogens (tertiary/aromatic N) is 3. The number of amides is 1. The maximum atomic E-state index is 12.4. The monoisotopic (exact) mass is 402 g/mol. The van der Waals surface area contributed by atoms with Crippen molar-refractivity contribution in [1.82, 2.24) is 10.2 Å². The van der Waals surface area contributed by atoms with E-state index in [0.717, 1.165) is 5.56 Å². The third kappa shape index (κ3) is 4.99. The Morgan fingerprint density at radius 2 is 1.89 bits per heavy atom. The molecule has 2 aromatic carbocycles. The molecular formula is C20H23ClN4O3. The zero-order valence-electron chi connectivity index (χ0n) is 15.7. The lowest BCUT2D eigenvalue weighted by Crippen LogP contribution is -2.49. The van der Waals surface area contributed by atoms with E-state index < -0.39 is 0 Å². The molecule has 1 N–H and O–H groups in total. The minimum Gasteiger partial charge on any atom is -0.363 e. The Hall–Kier alpha value is -2.64. The Morgan fingerprint density at radius 3 is 2.57 bits per heavy atom. The summed E-state index contributed by atoms with van der Waals surface area (Å²) in [6.45, 7) is 4.85. The Labute approximate surface area is 169 Å². The van der Waals surface area contributed by atoms with E-state index in [-0.39, 0.29) is 22.6 Å². The normalized spacial score (nSPS) is 15.9. The third-order valence-corrected chi connectivity index (χ3v) is 5.12. The number of nitro groups is 1. The van der Waals surface area contributed by atoms with Gasteiger partial charge in [0.1, 0.15) is 5.69 Å². The van der Waals surface area contributed by atoms with Crippen molar-refractivity contribution in [2.24, 2.45) is 0 Å². The largest absolute Gasteiger partial charge is 0.363 e. The smallest absolute Gasteiger partial charge is 0.292 e. The van der Waals surface area contributed by atoms with Crippen LogP contribution in [-0.2, 0) is 4.79 Å². The van der Waals surface area contributed by atoms with Crippen LogP contribution in [-0.4, -0.2) is 48.5 Å². The molecule has 0 radical (unpaired) electrons. The van der Waals surface area contributed by atoms with Crippen molar-refractivity contribution in [2.75, 3.05) is 37.6 Å². The number of para-hydroxylation sites is 2. The summed E-state index contributed by atoms with van der Waals surface area (Å²) < 4.78 is 0. The lowest BCUT2D eigenvalue weighted by Gasteiger charge is -2.35. The fourth-order valence-corrected chi connectivity index (χ4v) is 3.58. The molecule has 1 amide bonds. The predicted octanol–water partition coefficient (Wildman–Crippen LogP) is 3.25. The number of anilines is 1. The van der Waals surface area contributed by atoms with Crippen LogP contribution in [0.5, 0.6) is 0 Å². The van der Waals surface area contributed by atoms with E-state index >= 15 is 0 Å². The summed E-state index contributed by atoms with van der Waals surface area (Å²) >= 11 is 6.01. The summed E-state index contributed by atoms with van der Waals surface area (Å²) in [6.07, 6.45) is 0. The van der Waals surface area contributed by atoms with Crippen LogP contribution in [0.4, 0.5) is 11.4 Å². The van der Waals surface area contributed by atoms with Crippen molar-refractivity contribution < 1.29 is 9.72 Å². The highest BCUT2D eigenvalue weighted by molar-refractivity contribution is 6.30. The van der Waals surface area contributed by atoms with Crippen molar-refractivity contribution in [3.8, 4) is 0 Å². The van der Waals surface area contributed by atoms with Crippen LogP contribution in [0.15, 0.2) is 48.5 Å². The van der Waals surface area contributed by atoms with Crippen LogP contribution in [0.25, 0.3) is 0 Å². The van der Waals surface area contributed by atoms with Gasteiger partial charge in [0.25, 0.3) is 5.69 Å². The lowest BCUT2D eigenvalue weighted by molar-refractivity contribution is -0.384. The van der Waals surface area contributed by atoms with Crippen molar-refractivity contribution in [2.45, 2.75) is 13.0 Å². The van der Waals surface area contributed by atoms with Crippen LogP contribution < -0.4 is 10.2 Å². The Balaban J connectivity index is 1.52. The van der Waals surface area contributed by atoms with Gasteiger partial charge >= 0.3 is 0 Å². The van der Waals surface area contributed by atoms with E-state index in [1.54, 1.807) is 24.3 Å². The molecular weight excluding hydrogens is 380 g/mol. The SMILES string of the molecule is C[C@@H](NC(=O)CN1CCN(c2ccccc2[N+](=O)[O-])CC1)c1cccc(Cl)c1. The van der Waals surface area contributed by atoms with Gasteiger partial charge in [-0.3, -0.25) is 19.8 Å². The van der Waals surface area contributed by atoms with Gasteiger partial charge in [-0.1, -0.05) is 35.9 Å². The van der Waals surface area contributed by atoms with E-state index in [0.29, 0.717) is 43.4 Å². The summed E-state index contributed by atoms with van der Waals surface area (Å²) in [5.41, 5.74) is 1.71. The molecule has 0 bridgehead atoms. The maximum Gasteiger partial charge on any atom is 0.292 e. The fraction of sp³-hybridized carbons (Fsp3) is 0.350. The molecule has 1 aliphatic heterocycles. The van der Waals surface area contributed by atoms with E-state index in [4.69, 9.17) is 11.6 Å². The second-order valence-electron chi connectivity index (χ2n) is 6.85. The molecule has 3 rings (SSSR count). The summed E-state index contributed by atoms with van der Waals surface area (Å²) in [4.78, 5) is 27.3. The van der Waals surface area contributed by atoms with Crippen LogP contribution in [0.1, 0.15) is 18.5 Å². The molecule has 0 spiro atoms. The zero-order valence-corrected chi connectivity index (χ0v) is 16.4. The highest BCUT2D eigenvalue weighted by atomic mass is 35.5. The number of carbonyl (C=O) groups excluding carboxylic acids is 1. The number of hydrogen-bond donors (Lipinski definition) is 1. The molecule has 1 fully saturated rings. The number of hydrogen-bond acceptors (Lipinski definition) is 5. The minimum absolute atomic E-state index is 0.0494. The summed E-state index contributed by atoms with van der Waals surface area (Å²) in [5.74, 6) is -0.0494. The maximum absolute atomic E-state index is 12.4. The first-order chi connectivity index (χ1) is 13.4. The number of nitrogens with one attached hydrogen (secondary N) is 1. The summed E-state index contributed by atoms with van der Waals surface area (Å²) in [6, 6.07) is 14.1. The molecule has 0 aliphatic carbocycles. The van der Waals surface area contributed by atoms with Crippen LogP contribution in [0.2, 0.25) is 5.02 Å². The van der Waals surface area contributed by atoms with Gasteiger partial charge in [0, 0.05) is 37.3 Å². The molecule has 28 heavy (non-hydrogen) atoms. The molecule has 148 valence electrons. The molecule has 0 aromatic heterocycles. The van der Waals surface area contributed by atoms with Crippen LogP contribution >= 0.6 is 11.6 Å². The third-order valence-electron chi connectivity index (χ3n) is 4.88. The van der Waals surface area contributed by atoms with Gasteiger partial charge in [0.05, 0.1) is 17.5 Å². The lowest BCUT2D eigenvalue weighted by atomic mass is 10.1. The summed E-state index contributed by atoms with van der Waals surface area (Å²) in [7, 11) is 0. The number of halogens is 1. The van der Waals surface area contributed by atoms with Crippen molar-refractivity contribution in [3.63, 3.8) is 0 Å². The van der Waals surface area contributed by atoms with Crippen molar-refractivity contribution in [3.05, 3.63) is 69.2 Å². The first-order valence-corrected chi connectivity index (χ1v) is 9.57. The van der Waals surface area contributed by atoms with E-state index in [1.165, 1.54) is 6.07 Å². The topological polar surface area (TPSA) is 78.7 Å². The molecule has 8 heteroatoms. The quantitative estimate of drug-likeness (QED) is 0.592. The van der Waals surface area contributed by atoms with Gasteiger partial charge in [-0.05, 0) is 30.7 Å². The van der Waals surface area contributed by atoms with E-state index in [1.807, 2.05) is 30.0 Å². The fourth-order valence-electron chi connectivity index (χ4n) is 3.38. The van der Waals surface area contributed by atoms with Gasteiger partial charge in [0.15, 0.2) is 0 Å². The highest BCUT2D eigenvalue weighted by Crippen LogP contribution is 2.28.